The Labute approximate surface area is 186 Å². The number of pyridine rings is 1. The summed E-state index contributed by atoms with van der Waals surface area (Å²) >= 11 is 0. The van der Waals surface area contributed by atoms with E-state index in [-0.39, 0.29) is 18.0 Å². The molecule has 8 heteroatoms. The van der Waals surface area contributed by atoms with Crippen molar-refractivity contribution in [3.63, 3.8) is 0 Å². The minimum atomic E-state index is -0.208. The van der Waals surface area contributed by atoms with E-state index in [2.05, 4.69) is 25.8 Å². The largest absolute Gasteiger partial charge is 0.397 e. The monoisotopic (exact) mass is 430 g/mol. The van der Waals surface area contributed by atoms with Crippen molar-refractivity contribution >= 4 is 29.0 Å². The van der Waals surface area contributed by atoms with Crippen molar-refractivity contribution in [3.05, 3.63) is 84.2 Å². The summed E-state index contributed by atoms with van der Waals surface area (Å²) in [5.41, 5.74) is 9.54. The molecule has 1 aliphatic heterocycles. The van der Waals surface area contributed by atoms with Crippen LogP contribution in [0.2, 0.25) is 0 Å². The molecule has 0 aliphatic carbocycles. The molecule has 3 amide bonds. The summed E-state index contributed by atoms with van der Waals surface area (Å²) in [7, 11) is 0. The van der Waals surface area contributed by atoms with E-state index in [0.717, 1.165) is 24.2 Å². The van der Waals surface area contributed by atoms with Crippen molar-refractivity contribution in [2.24, 2.45) is 0 Å². The summed E-state index contributed by atoms with van der Waals surface area (Å²) in [5.74, 6) is -0.208. The number of amides is 3. The van der Waals surface area contributed by atoms with E-state index in [1.165, 1.54) is 0 Å². The zero-order valence-electron chi connectivity index (χ0n) is 17.6. The van der Waals surface area contributed by atoms with Gasteiger partial charge in [0.05, 0.1) is 11.4 Å². The molecule has 5 N–H and O–H groups in total. The van der Waals surface area contributed by atoms with Crippen molar-refractivity contribution in [1.82, 2.24) is 15.6 Å². The second-order valence-corrected chi connectivity index (χ2v) is 7.71. The van der Waals surface area contributed by atoms with Gasteiger partial charge in [0.1, 0.15) is 0 Å². The van der Waals surface area contributed by atoms with Crippen LogP contribution in [0.3, 0.4) is 0 Å². The molecular weight excluding hydrogens is 404 g/mol. The van der Waals surface area contributed by atoms with E-state index < -0.39 is 0 Å². The Hall–Kier alpha value is -4.07. The van der Waals surface area contributed by atoms with Crippen LogP contribution in [0.25, 0.3) is 0 Å². The number of nitrogens with zero attached hydrogens (tertiary/aromatic N) is 2. The summed E-state index contributed by atoms with van der Waals surface area (Å²) in [6.07, 6.45) is 4.29. The standard InChI is InChI=1S/C24H26N6O2/c25-21-5-1-2-6-22(21)29-23(31)18-7-9-20(10-8-18)30-13-11-19(16-30)28-24(32)27-15-17-4-3-12-26-14-17/h1-10,12,14,19H,11,13,15-16,25H2,(H,29,31)(H2,27,28,32)/t19-/m0/s1. The lowest BCUT2D eigenvalue weighted by molar-refractivity contribution is 0.102. The number of para-hydroxylation sites is 2. The number of nitrogens with one attached hydrogen (secondary N) is 3. The van der Waals surface area contributed by atoms with E-state index in [9.17, 15) is 9.59 Å². The molecule has 8 nitrogen and oxygen atoms in total. The number of hydrogen-bond acceptors (Lipinski definition) is 5. The molecule has 1 aliphatic rings. The maximum atomic E-state index is 12.5. The topological polar surface area (TPSA) is 112 Å². The lowest BCUT2D eigenvalue weighted by atomic mass is 10.1. The van der Waals surface area contributed by atoms with Gasteiger partial charge in [-0.05, 0) is 54.4 Å². The molecule has 0 bridgehead atoms. The highest BCUT2D eigenvalue weighted by molar-refractivity contribution is 6.05. The van der Waals surface area contributed by atoms with E-state index >= 15 is 0 Å². The minimum absolute atomic E-state index is 0.0629. The molecule has 0 saturated carbocycles. The fourth-order valence-electron chi connectivity index (χ4n) is 3.66. The molecule has 0 spiro atoms. The van der Waals surface area contributed by atoms with E-state index in [1.807, 2.05) is 36.4 Å². The number of rotatable bonds is 6. The van der Waals surface area contributed by atoms with Gasteiger partial charge in [0.15, 0.2) is 0 Å². The van der Waals surface area contributed by atoms with Crippen molar-refractivity contribution in [3.8, 4) is 0 Å². The highest BCUT2D eigenvalue weighted by Gasteiger charge is 2.24. The van der Waals surface area contributed by atoms with Crippen molar-refractivity contribution in [2.45, 2.75) is 19.0 Å². The maximum Gasteiger partial charge on any atom is 0.315 e. The Bertz CT molecular complexity index is 1070. The van der Waals surface area contributed by atoms with E-state index in [0.29, 0.717) is 30.0 Å². The number of anilines is 3. The second-order valence-electron chi connectivity index (χ2n) is 7.71. The van der Waals surface area contributed by atoms with Crippen LogP contribution < -0.4 is 26.6 Å². The molecular formula is C24H26N6O2. The number of nitrogen functional groups attached to an aromatic ring is 1. The normalized spacial score (nSPS) is 15.2. The van der Waals surface area contributed by atoms with Gasteiger partial charge in [-0.2, -0.15) is 0 Å². The first-order valence-electron chi connectivity index (χ1n) is 10.5. The third-order valence-electron chi connectivity index (χ3n) is 5.40. The molecule has 3 aromatic rings. The predicted octanol–water partition coefficient (Wildman–Crippen LogP) is 2.99. The van der Waals surface area contributed by atoms with Crippen LogP contribution in [0.5, 0.6) is 0 Å². The number of carbonyl (C=O) groups excluding carboxylic acids is 2. The van der Waals surface area contributed by atoms with Crippen LogP contribution >= 0.6 is 0 Å². The van der Waals surface area contributed by atoms with Gasteiger partial charge in [-0.3, -0.25) is 9.78 Å². The Morgan fingerprint density at radius 3 is 2.62 bits per heavy atom. The molecule has 32 heavy (non-hydrogen) atoms. The zero-order chi connectivity index (χ0) is 22.3. The van der Waals surface area contributed by atoms with Gasteiger partial charge in [-0.1, -0.05) is 18.2 Å². The van der Waals surface area contributed by atoms with Gasteiger partial charge < -0.3 is 26.6 Å². The summed E-state index contributed by atoms with van der Waals surface area (Å²) in [4.78, 5) is 30.9. The summed E-state index contributed by atoms with van der Waals surface area (Å²) < 4.78 is 0. The fourth-order valence-corrected chi connectivity index (χ4v) is 3.66. The molecule has 164 valence electrons. The first kappa shape index (κ1) is 21.2. The van der Waals surface area contributed by atoms with Crippen LogP contribution in [0.15, 0.2) is 73.1 Å². The van der Waals surface area contributed by atoms with Gasteiger partial charge in [0.2, 0.25) is 0 Å². The van der Waals surface area contributed by atoms with E-state index in [1.54, 1.807) is 36.7 Å². The SMILES string of the molecule is Nc1ccccc1NC(=O)c1ccc(N2CC[C@H](NC(=O)NCc3cccnc3)C2)cc1. The van der Waals surface area contributed by atoms with Gasteiger partial charge >= 0.3 is 6.03 Å². The molecule has 1 atom stereocenters. The van der Waals surface area contributed by atoms with Crippen LogP contribution in [0.1, 0.15) is 22.3 Å². The molecule has 0 radical (unpaired) electrons. The van der Waals surface area contributed by atoms with Gasteiger partial charge in [0, 0.05) is 49.3 Å². The number of aromatic nitrogens is 1. The highest BCUT2D eigenvalue weighted by Crippen LogP contribution is 2.22. The molecule has 4 rings (SSSR count). The first-order chi connectivity index (χ1) is 15.6. The van der Waals surface area contributed by atoms with Crippen molar-refractivity contribution in [2.75, 3.05) is 29.0 Å². The Kier molecular flexibility index (Phi) is 6.50. The lowest BCUT2D eigenvalue weighted by Crippen LogP contribution is -2.43. The number of nitrogens with two attached hydrogens (primary N) is 1. The van der Waals surface area contributed by atoms with Crippen molar-refractivity contribution < 1.29 is 9.59 Å². The smallest absolute Gasteiger partial charge is 0.315 e. The lowest BCUT2D eigenvalue weighted by Gasteiger charge is -2.19. The Balaban J connectivity index is 1.27. The Morgan fingerprint density at radius 2 is 1.88 bits per heavy atom. The average molecular weight is 431 g/mol. The number of benzene rings is 2. The number of urea groups is 1. The highest BCUT2D eigenvalue weighted by atomic mass is 16.2. The number of carbonyl (C=O) groups is 2. The summed E-state index contributed by atoms with van der Waals surface area (Å²) in [6.45, 7) is 1.99. The van der Waals surface area contributed by atoms with Gasteiger partial charge in [-0.15, -0.1) is 0 Å². The zero-order valence-corrected chi connectivity index (χ0v) is 17.6. The van der Waals surface area contributed by atoms with Crippen molar-refractivity contribution in [1.29, 1.82) is 0 Å². The minimum Gasteiger partial charge on any atom is -0.397 e. The molecule has 2 aromatic carbocycles. The average Bonchev–Trinajstić information content (AvgIpc) is 3.28. The third-order valence-corrected chi connectivity index (χ3v) is 5.40. The molecule has 1 aromatic heterocycles. The molecule has 1 saturated heterocycles. The Morgan fingerprint density at radius 1 is 1.06 bits per heavy atom. The molecule has 1 fully saturated rings. The molecule has 0 unspecified atom stereocenters. The maximum absolute atomic E-state index is 12.5. The summed E-state index contributed by atoms with van der Waals surface area (Å²) in [6, 6.07) is 18.2. The third kappa shape index (κ3) is 5.34. The quantitative estimate of drug-likeness (QED) is 0.449. The van der Waals surface area contributed by atoms with Gasteiger partial charge in [-0.25, -0.2) is 4.79 Å². The predicted molar refractivity (Wildman–Crippen MR) is 125 cm³/mol. The van der Waals surface area contributed by atoms with Crippen LogP contribution in [-0.2, 0) is 6.54 Å². The van der Waals surface area contributed by atoms with Gasteiger partial charge in [0.25, 0.3) is 5.91 Å². The first-order valence-corrected chi connectivity index (χ1v) is 10.5. The fraction of sp³-hybridized carbons (Fsp3) is 0.208. The number of hydrogen-bond donors (Lipinski definition) is 4. The second kappa shape index (κ2) is 9.82. The van der Waals surface area contributed by atoms with Crippen LogP contribution in [0, 0.1) is 0 Å². The molecule has 2 heterocycles. The summed E-state index contributed by atoms with van der Waals surface area (Å²) in [5, 5.41) is 8.72. The van der Waals surface area contributed by atoms with Crippen LogP contribution in [0.4, 0.5) is 21.9 Å². The van der Waals surface area contributed by atoms with E-state index in [4.69, 9.17) is 5.73 Å². The van der Waals surface area contributed by atoms with Crippen LogP contribution in [-0.4, -0.2) is 36.1 Å².